The number of carboxylic acids is 1. The van der Waals surface area contributed by atoms with Gasteiger partial charge in [-0.05, 0) is 25.7 Å². The monoisotopic (exact) mass is 334 g/mol. The topological polar surface area (TPSA) is 89.3 Å². The number of aromatic nitrogens is 2. The summed E-state index contributed by atoms with van der Waals surface area (Å²) in [4.78, 5) is 15.5. The van der Waals surface area contributed by atoms with E-state index in [9.17, 15) is 13.2 Å². The highest BCUT2D eigenvalue weighted by atomic mass is 35.5. The Morgan fingerprint density at radius 3 is 2.81 bits per heavy atom. The van der Waals surface area contributed by atoms with Gasteiger partial charge in [-0.1, -0.05) is 0 Å². The van der Waals surface area contributed by atoms with Crippen LogP contribution in [0.15, 0.2) is 6.20 Å². The fourth-order valence-corrected chi connectivity index (χ4v) is 4.93. The SMILES string of the molecule is Cl.O=C(O)C1CCc2cnc(C3CCCS(=O)(=O)C3)n2C1. The van der Waals surface area contributed by atoms with Crippen molar-refractivity contribution in [3.63, 3.8) is 0 Å². The van der Waals surface area contributed by atoms with Crippen LogP contribution in [0, 0.1) is 5.92 Å². The first kappa shape index (κ1) is 16.3. The summed E-state index contributed by atoms with van der Waals surface area (Å²) in [5.41, 5.74) is 1.03. The van der Waals surface area contributed by atoms with Crippen LogP contribution < -0.4 is 0 Å². The standard InChI is InChI=1S/C13H18N2O4S.ClH/c16-13(17)9-3-4-11-6-14-12(15(11)7-9)10-2-1-5-20(18,19)8-10;/h6,9-10H,1-5,7-8H2,(H,16,17);1H. The number of halogens is 1. The van der Waals surface area contributed by atoms with Gasteiger partial charge in [-0.25, -0.2) is 13.4 Å². The number of carbonyl (C=O) groups is 1. The van der Waals surface area contributed by atoms with Crippen molar-refractivity contribution in [1.82, 2.24) is 9.55 Å². The van der Waals surface area contributed by atoms with E-state index in [1.54, 1.807) is 6.20 Å². The lowest BCUT2D eigenvalue weighted by Gasteiger charge is -2.27. The van der Waals surface area contributed by atoms with Crippen LogP contribution in [-0.2, 0) is 27.6 Å². The average Bonchev–Trinajstić information content (AvgIpc) is 2.80. The zero-order valence-corrected chi connectivity index (χ0v) is 13.2. The molecule has 21 heavy (non-hydrogen) atoms. The van der Waals surface area contributed by atoms with Gasteiger partial charge in [-0.2, -0.15) is 0 Å². The fourth-order valence-electron chi connectivity index (χ4n) is 3.23. The normalized spacial score (nSPS) is 27.4. The van der Waals surface area contributed by atoms with Crippen molar-refractivity contribution in [2.75, 3.05) is 11.5 Å². The van der Waals surface area contributed by atoms with E-state index in [0.29, 0.717) is 25.8 Å². The molecule has 1 aromatic heterocycles. The summed E-state index contributed by atoms with van der Waals surface area (Å²) in [7, 11) is -2.98. The third kappa shape index (κ3) is 3.23. The predicted octanol–water partition coefficient (Wildman–Crippen LogP) is 1.24. The Hall–Kier alpha value is -1.08. The van der Waals surface area contributed by atoms with Crippen LogP contribution in [-0.4, -0.2) is 40.6 Å². The minimum absolute atomic E-state index is 0. The molecule has 2 atom stereocenters. The van der Waals surface area contributed by atoms with Crippen molar-refractivity contribution in [3.8, 4) is 0 Å². The van der Waals surface area contributed by atoms with Gasteiger partial charge in [-0.15, -0.1) is 12.4 Å². The molecular formula is C13H19ClN2O4S. The lowest BCUT2D eigenvalue weighted by atomic mass is 9.97. The van der Waals surface area contributed by atoms with E-state index in [4.69, 9.17) is 5.11 Å². The number of hydrogen-bond acceptors (Lipinski definition) is 4. The van der Waals surface area contributed by atoms with Gasteiger partial charge in [0.1, 0.15) is 5.82 Å². The zero-order chi connectivity index (χ0) is 14.3. The summed E-state index contributed by atoms with van der Waals surface area (Å²) < 4.78 is 25.5. The van der Waals surface area contributed by atoms with Crippen LogP contribution in [0.25, 0.3) is 0 Å². The molecular weight excluding hydrogens is 316 g/mol. The summed E-state index contributed by atoms with van der Waals surface area (Å²) in [6.45, 7) is 0.413. The van der Waals surface area contributed by atoms with E-state index in [1.807, 2.05) is 4.57 Å². The number of fused-ring (bicyclic) bond motifs is 1. The molecule has 0 bridgehead atoms. The average molecular weight is 335 g/mol. The van der Waals surface area contributed by atoms with Crippen LogP contribution in [0.5, 0.6) is 0 Å². The second kappa shape index (κ2) is 5.96. The maximum absolute atomic E-state index is 11.8. The van der Waals surface area contributed by atoms with Gasteiger partial charge in [0.2, 0.25) is 0 Å². The van der Waals surface area contributed by atoms with E-state index in [1.165, 1.54) is 0 Å². The van der Waals surface area contributed by atoms with E-state index < -0.39 is 21.7 Å². The van der Waals surface area contributed by atoms with Crippen molar-refractivity contribution in [2.45, 2.75) is 38.1 Å². The number of aliphatic carboxylic acids is 1. The number of hydrogen-bond donors (Lipinski definition) is 1. The van der Waals surface area contributed by atoms with Gasteiger partial charge >= 0.3 is 5.97 Å². The smallest absolute Gasteiger partial charge is 0.308 e. The van der Waals surface area contributed by atoms with Crippen LogP contribution in [0.3, 0.4) is 0 Å². The molecule has 1 N–H and O–H groups in total. The molecule has 2 unspecified atom stereocenters. The summed E-state index contributed by atoms with van der Waals surface area (Å²) in [5, 5.41) is 9.16. The number of aryl methyl sites for hydroxylation is 1. The van der Waals surface area contributed by atoms with Gasteiger partial charge in [0, 0.05) is 24.4 Å². The van der Waals surface area contributed by atoms with Crippen LogP contribution >= 0.6 is 12.4 Å². The van der Waals surface area contributed by atoms with Crippen LogP contribution in [0.4, 0.5) is 0 Å². The molecule has 0 saturated carbocycles. The molecule has 0 aromatic carbocycles. The van der Waals surface area contributed by atoms with Crippen molar-refractivity contribution in [1.29, 1.82) is 0 Å². The summed E-state index contributed by atoms with van der Waals surface area (Å²) >= 11 is 0. The van der Waals surface area contributed by atoms with Gasteiger partial charge in [-0.3, -0.25) is 4.79 Å². The first-order chi connectivity index (χ1) is 9.46. The maximum Gasteiger partial charge on any atom is 0.308 e. The zero-order valence-electron chi connectivity index (χ0n) is 11.6. The molecule has 0 aliphatic carbocycles. The van der Waals surface area contributed by atoms with E-state index in [-0.39, 0.29) is 29.8 Å². The van der Waals surface area contributed by atoms with E-state index in [0.717, 1.165) is 17.9 Å². The first-order valence-corrected chi connectivity index (χ1v) is 8.76. The van der Waals surface area contributed by atoms with Crippen molar-refractivity contribution in [2.24, 2.45) is 5.92 Å². The third-order valence-corrected chi connectivity index (χ3v) is 6.12. The predicted molar refractivity (Wildman–Crippen MR) is 79.6 cm³/mol. The minimum atomic E-state index is -2.98. The second-order valence-electron chi connectivity index (χ2n) is 5.75. The Morgan fingerprint density at radius 2 is 2.14 bits per heavy atom. The van der Waals surface area contributed by atoms with Gasteiger partial charge < -0.3 is 9.67 Å². The number of carboxylic acid groups (broad SMARTS) is 1. The van der Waals surface area contributed by atoms with Gasteiger partial charge in [0.05, 0.1) is 17.4 Å². The lowest BCUT2D eigenvalue weighted by molar-refractivity contribution is -0.142. The van der Waals surface area contributed by atoms with Crippen LogP contribution in [0.1, 0.15) is 36.7 Å². The molecule has 0 spiro atoms. The van der Waals surface area contributed by atoms with Crippen molar-refractivity contribution >= 4 is 28.2 Å². The summed E-state index contributed by atoms with van der Waals surface area (Å²) in [6, 6.07) is 0. The van der Waals surface area contributed by atoms with Crippen molar-refractivity contribution in [3.05, 3.63) is 17.7 Å². The molecule has 0 amide bonds. The summed E-state index contributed by atoms with van der Waals surface area (Å²) in [6.07, 6.45) is 4.58. The first-order valence-electron chi connectivity index (χ1n) is 6.94. The maximum atomic E-state index is 11.8. The Labute approximate surface area is 129 Å². The fraction of sp³-hybridized carbons (Fsp3) is 0.692. The lowest BCUT2D eigenvalue weighted by Crippen LogP contribution is -2.30. The third-order valence-electron chi connectivity index (χ3n) is 4.30. The molecule has 3 heterocycles. The minimum Gasteiger partial charge on any atom is -0.481 e. The number of nitrogens with zero attached hydrogens (tertiary/aromatic N) is 2. The number of sulfone groups is 1. The molecule has 1 fully saturated rings. The number of imidazole rings is 1. The molecule has 0 radical (unpaired) electrons. The van der Waals surface area contributed by atoms with Gasteiger partial charge in [0.15, 0.2) is 9.84 Å². The highest BCUT2D eigenvalue weighted by molar-refractivity contribution is 7.91. The largest absolute Gasteiger partial charge is 0.481 e. The Morgan fingerprint density at radius 1 is 1.38 bits per heavy atom. The summed E-state index contributed by atoms with van der Waals surface area (Å²) in [5.74, 6) is -0.109. The van der Waals surface area contributed by atoms with Crippen molar-refractivity contribution < 1.29 is 18.3 Å². The quantitative estimate of drug-likeness (QED) is 0.879. The number of rotatable bonds is 2. The second-order valence-corrected chi connectivity index (χ2v) is 7.97. The Kier molecular flexibility index (Phi) is 4.63. The Balaban J connectivity index is 0.00000161. The van der Waals surface area contributed by atoms with Crippen LogP contribution in [0.2, 0.25) is 0 Å². The molecule has 3 rings (SSSR count). The molecule has 6 nitrogen and oxygen atoms in total. The Bertz CT molecular complexity index is 641. The van der Waals surface area contributed by atoms with E-state index >= 15 is 0 Å². The van der Waals surface area contributed by atoms with E-state index in [2.05, 4.69) is 4.98 Å². The molecule has 2 aliphatic rings. The van der Waals surface area contributed by atoms with Gasteiger partial charge in [0.25, 0.3) is 0 Å². The molecule has 1 aromatic rings. The molecule has 8 heteroatoms. The highest BCUT2D eigenvalue weighted by Crippen LogP contribution is 2.31. The molecule has 118 valence electrons. The molecule has 1 saturated heterocycles. The highest BCUT2D eigenvalue weighted by Gasteiger charge is 2.32. The molecule has 2 aliphatic heterocycles.